The van der Waals surface area contributed by atoms with Crippen LogP contribution in [0.25, 0.3) is 0 Å². The summed E-state index contributed by atoms with van der Waals surface area (Å²) in [6.07, 6.45) is -5.51. The largest absolute Gasteiger partial charge is 0.435 e. The second kappa shape index (κ2) is 7.91. The Balaban J connectivity index is 2.00. The fraction of sp³-hybridized carbons (Fsp3) is 0.211. The highest BCUT2D eigenvalue weighted by molar-refractivity contribution is 7.89. The minimum absolute atomic E-state index is 0.164. The zero-order valence-corrected chi connectivity index (χ0v) is 17.5. The van der Waals surface area contributed by atoms with Gasteiger partial charge in [-0.25, -0.2) is 18.1 Å². The third-order valence-corrected chi connectivity index (χ3v) is 5.98. The molecule has 1 aliphatic heterocycles. The number of benzene rings is 2. The van der Waals surface area contributed by atoms with Gasteiger partial charge in [-0.3, -0.25) is 9.59 Å². The lowest BCUT2D eigenvalue weighted by molar-refractivity contribution is -0.194. The number of hydrogen-bond donors (Lipinski definition) is 3. The Kier molecular flexibility index (Phi) is 5.74. The van der Waals surface area contributed by atoms with Crippen molar-refractivity contribution in [3.8, 4) is 0 Å². The van der Waals surface area contributed by atoms with Gasteiger partial charge in [0, 0.05) is 12.6 Å². The van der Waals surface area contributed by atoms with Crippen LogP contribution in [0.2, 0.25) is 0 Å². The normalized spacial score (nSPS) is 19.1. The van der Waals surface area contributed by atoms with E-state index in [1.54, 1.807) is 6.92 Å². The fourth-order valence-corrected chi connectivity index (χ4v) is 4.23. The number of carbonyl (C=O) groups excluding carboxylic acids is 3. The number of aryl methyl sites for hydroxylation is 1. The van der Waals surface area contributed by atoms with Crippen LogP contribution in [0.1, 0.15) is 12.5 Å². The first-order valence-electron chi connectivity index (χ1n) is 8.98. The van der Waals surface area contributed by atoms with Crippen LogP contribution in [-0.2, 0) is 19.6 Å². The molecule has 9 nitrogen and oxygen atoms in total. The summed E-state index contributed by atoms with van der Waals surface area (Å²) in [4.78, 5) is 35.8. The van der Waals surface area contributed by atoms with E-state index in [2.05, 4.69) is 5.32 Å². The van der Waals surface area contributed by atoms with Crippen molar-refractivity contribution in [2.24, 2.45) is 0 Å². The smallest absolute Gasteiger partial charge is 0.326 e. The van der Waals surface area contributed by atoms with Crippen molar-refractivity contribution in [3.63, 3.8) is 0 Å². The highest BCUT2D eigenvalue weighted by atomic mass is 32.2. The molecular weight excluding hydrogens is 453 g/mol. The minimum Gasteiger partial charge on any atom is -0.326 e. The van der Waals surface area contributed by atoms with E-state index in [0.717, 1.165) is 29.8 Å². The molecule has 0 bridgehead atoms. The molecular formula is C19H17F3N4O5S. The van der Waals surface area contributed by atoms with E-state index in [9.17, 15) is 36.0 Å². The number of urea groups is 1. The van der Waals surface area contributed by atoms with Gasteiger partial charge in [0.1, 0.15) is 0 Å². The first-order valence-corrected chi connectivity index (χ1v) is 10.5. The molecule has 0 radical (unpaired) electrons. The van der Waals surface area contributed by atoms with Crippen molar-refractivity contribution < 1.29 is 36.0 Å². The van der Waals surface area contributed by atoms with Gasteiger partial charge in [-0.05, 0) is 43.3 Å². The van der Waals surface area contributed by atoms with Gasteiger partial charge >= 0.3 is 12.2 Å². The summed E-state index contributed by atoms with van der Waals surface area (Å²) in [7, 11) is -4.94. The molecule has 170 valence electrons. The number of hydrogen-bond acceptors (Lipinski definition) is 5. The molecule has 4 amide bonds. The van der Waals surface area contributed by atoms with Crippen LogP contribution < -0.4 is 20.3 Å². The van der Waals surface area contributed by atoms with E-state index in [0.29, 0.717) is 0 Å². The van der Waals surface area contributed by atoms with Gasteiger partial charge in [0.25, 0.3) is 11.6 Å². The summed E-state index contributed by atoms with van der Waals surface area (Å²) in [6.45, 7) is 2.91. The van der Waals surface area contributed by atoms with Crippen molar-refractivity contribution in [2.75, 3.05) is 10.2 Å². The van der Waals surface area contributed by atoms with Gasteiger partial charge in [0.15, 0.2) is 0 Å². The summed E-state index contributed by atoms with van der Waals surface area (Å²) >= 11 is 0. The molecule has 2 aromatic rings. The van der Waals surface area contributed by atoms with Crippen LogP contribution in [-0.4, -0.2) is 38.1 Å². The number of anilines is 2. The van der Waals surface area contributed by atoms with E-state index in [1.807, 2.05) is 0 Å². The highest BCUT2D eigenvalue weighted by Crippen LogP contribution is 2.37. The Bertz CT molecular complexity index is 1180. The standard InChI is InChI=1S/C19H17F3N4O5S/c1-11-3-7-14(8-4-11)26-16(28)18(19(20,21)22,24-17(26)29)25-32(30,31)15-9-5-13(6-10-15)23-12(2)27/h3-10,25H,1-2H3,(H,23,27)(H,24,29)/t18-/m0/s1. The van der Waals surface area contributed by atoms with E-state index in [4.69, 9.17) is 0 Å². The molecule has 0 spiro atoms. The monoisotopic (exact) mass is 470 g/mol. The molecule has 1 heterocycles. The Labute approximate surface area is 180 Å². The minimum atomic E-state index is -5.51. The molecule has 3 rings (SSSR count). The van der Waals surface area contributed by atoms with E-state index in [1.165, 1.54) is 41.2 Å². The maximum Gasteiger partial charge on any atom is 0.435 e. The van der Waals surface area contributed by atoms with Crippen LogP contribution in [0.15, 0.2) is 53.4 Å². The zero-order chi connectivity index (χ0) is 23.9. The Morgan fingerprint density at radius 1 is 1.03 bits per heavy atom. The van der Waals surface area contributed by atoms with Gasteiger partial charge < -0.3 is 10.6 Å². The predicted octanol–water partition coefficient (Wildman–Crippen LogP) is 2.25. The number of sulfonamides is 1. The van der Waals surface area contributed by atoms with Crippen molar-refractivity contribution in [1.29, 1.82) is 0 Å². The highest BCUT2D eigenvalue weighted by Gasteiger charge is 2.69. The number of carbonyl (C=O) groups is 3. The number of nitrogens with zero attached hydrogens (tertiary/aromatic N) is 1. The number of alkyl halides is 3. The lowest BCUT2D eigenvalue weighted by Crippen LogP contribution is -2.69. The van der Waals surface area contributed by atoms with Gasteiger partial charge in [-0.2, -0.15) is 17.9 Å². The average Bonchev–Trinajstić information content (AvgIpc) is 2.93. The first-order chi connectivity index (χ1) is 14.8. The molecule has 1 saturated heterocycles. The number of halogens is 3. The molecule has 0 aromatic heterocycles. The lowest BCUT2D eigenvalue weighted by atomic mass is 10.1. The van der Waals surface area contributed by atoms with Crippen molar-refractivity contribution in [2.45, 2.75) is 30.6 Å². The summed E-state index contributed by atoms with van der Waals surface area (Å²) in [5, 5.41) is 3.83. The number of imide groups is 1. The number of amides is 4. The zero-order valence-electron chi connectivity index (χ0n) is 16.6. The van der Waals surface area contributed by atoms with E-state index >= 15 is 0 Å². The Hall–Kier alpha value is -3.45. The summed E-state index contributed by atoms with van der Waals surface area (Å²) in [5.41, 5.74) is -3.14. The molecule has 2 aromatic carbocycles. The Morgan fingerprint density at radius 2 is 1.59 bits per heavy atom. The van der Waals surface area contributed by atoms with Crippen LogP contribution in [0, 0.1) is 6.92 Å². The van der Waals surface area contributed by atoms with Gasteiger partial charge in [0.05, 0.1) is 10.6 Å². The Morgan fingerprint density at radius 3 is 2.09 bits per heavy atom. The molecule has 1 fully saturated rings. The van der Waals surface area contributed by atoms with Gasteiger partial charge in [-0.15, -0.1) is 0 Å². The quantitative estimate of drug-likeness (QED) is 0.578. The number of nitrogens with one attached hydrogen (secondary N) is 3. The molecule has 0 unspecified atom stereocenters. The summed E-state index contributed by atoms with van der Waals surface area (Å²) in [5.74, 6) is -2.29. The predicted molar refractivity (Wildman–Crippen MR) is 107 cm³/mol. The fourth-order valence-electron chi connectivity index (χ4n) is 2.96. The first kappa shape index (κ1) is 23.2. The molecule has 0 saturated carbocycles. The van der Waals surface area contributed by atoms with Crippen LogP contribution in [0.4, 0.5) is 29.3 Å². The molecule has 0 aliphatic carbocycles. The van der Waals surface area contributed by atoms with E-state index in [-0.39, 0.29) is 16.3 Å². The summed E-state index contributed by atoms with van der Waals surface area (Å²) in [6, 6.07) is 8.22. The van der Waals surface area contributed by atoms with Crippen molar-refractivity contribution >= 4 is 39.2 Å². The third kappa shape index (κ3) is 4.16. The van der Waals surface area contributed by atoms with Crippen LogP contribution >= 0.6 is 0 Å². The lowest BCUT2D eigenvalue weighted by Gasteiger charge is -2.29. The average molecular weight is 470 g/mol. The molecule has 1 atom stereocenters. The molecule has 1 aliphatic rings. The maximum absolute atomic E-state index is 14.0. The van der Waals surface area contributed by atoms with Crippen LogP contribution in [0.3, 0.4) is 0 Å². The number of rotatable bonds is 5. The summed E-state index contributed by atoms with van der Waals surface area (Å²) < 4.78 is 68.7. The maximum atomic E-state index is 14.0. The second-order valence-corrected chi connectivity index (χ2v) is 8.65. The van der Waals surface area contributed by atoms with Gasteiger partial charge in [0.2, 0.25) is 15.9 Å². The van der Waals surface area contributed by atoms with Crippen molar-refractivity contribution in [3.05, 3.63) is 54.1 Å². The van der Waals surface area contributed by atoms with Gasteiger partial charge in [-0.1, -0.05) is 17.7 Å². The molecule has 13 heteroatoms. The molecule has 32 heavy (non-hydrogen) atoms. The van der Waals surface area contributed by atoms with Crippen molar-refractivity contribution in [1.82, 2.24) is 10.0 Å². The SMILES string of the molecule is CC(=O)Nc1ccc(S(=O)(=O)N[C@@]2(C(F)(F)F)NC(=O)N(c3ccc(C)cc3)C2=O)cc1. The van der Waals surface area contributed by atoms with E-state index < -0.39 is 44.6 Å². The molecule has 3 N–H and O–H groups in total. The topological polar surface area (TPSA) is 125 Å². The third-order valence-electron chi connectivity index (χ3n) is 4.51. The second-order valence-electron chi connectivity index (χ2n) is 6.97. The van der Waals surface area contributed by atoms with Crippen LogP contribution in [0.5, 0.6) is 0 Å².